The number of thioether (sulfide) groups is 1. The molecule has 4 aliphatic carbocycles. The van der Waals surface area contributed by atoms with E-state index in [2.05, 4.69) is 13.2 Å². The molecule has 0 aromatic rings. The van der Waals surface area contributed by atoms with Crippen LogP contribution in [0.5, 0.6) is 0 Å². The van der Waals surface area contributed by atoms with E-state index in [1.54, 1.807) is 0 Å². The van der Waals surface area contributed by atoms with E-state index in [1.807, 2.05) is 11.8 Å². The van der Waals surface area contributed by atoms with Crippen molar-refractivity contribution in [1.82, 2.24) is 0 Å². The van der Waals surface area contributed by atoms with Crippen molar-refractivity contribution in [2.75, 3.05) is 38.4 Å². The average Bonchev–Trinajstić information content (AvgIpc) is 3.48. The molecule has 0 amide bonds. The standard InChI is InChI=1S/C25H40O5S/c1-21-6-4-20-18(19(21)5-8-25(21)29-14-15-30-25)3-7-23(26)17-24(27-12-13-28-24)10-9-22(20,23)11-16-31-2/h18-20,26H,3-17H2,1-2H3/t18-,19-,20-,21-,22-,23+/m0/s1. The summed E-state index contributed by atoms with van der Waals surface area (Å²) in [6.07, 6.45) is 12.6. The molecule has 2 aliphatic heterocycles. The monoisotopic (exact) mass is 452 g/mol. The normalized spacial score (nSPS) is 49.8. The van der Waals surface area contributed by atoms with Crippen molar-refractivity contribution in [1.29, 1.82) is 0 Å². The zero-order chi connectivity index (χ0) is 21.4. The lowest BCUT2D eigenvalue weighted by atomic mass is 9.42. The molecule has 2 saturated heterocycles. The fraction of sp³-hybridized carbons (Fsp3) is 1.00. The fourth-order valence-electron chi connectivity index (χ4n) is 9.46. The molecule has 1 N–H and O–H groups in total. The summed E-state index contributed by atoms with van der Waals surface area (Å²) in [5.41, 5.74) is -0.556. The topological polar surface area (TPSA) is 57.2 Å². The molecular weight excluding hydrogens is 412 g/mol. The van der Waals surface area contributed by atoms with Crippen LogP contribution in [0.4, 0.5) is 0 Å². The number of ether oxygens (including phenoxy) is 4. The van der Waals surface area contributed by atoms with Crippen LogP contribution < -0.4 is 0 Å². The smallest absolute Gasteiger partial charge is 0.174 e. The van der Waals surface area contributed by atoms with Gasteiger partial charge in [-0.25, -0.2) is 0 Å². The van der Waals surface area contributed by atoms with Crippen LogP contribution in [0, 0.1) is 28.6 Å². The summed E-state index contributed by atoms with van der Waals surface area (Å²) < 4.78 is 24.9. The summed E-state index contributed by atoms with van der Waals surface area (Å²) in [6, 6.07) is 0. The highest BCUT2D eigenvalue weighted by atomic mass is 32.2. The van der Waals surface area contributed by atoms with Crippen LogP contribution in [0.15, 0.2) is 0 Å². The molecule has 6 rings (SSSR count). The predicted octanol–water partition coefficient (Wildman–Crippen LogP) is 4.36. The van der Waals surface area contributed by atoms with Gasteiger partial charge in [-0.15, -0.1) is 0 Å². The first-order valence-corrected chi connectivity index (χ1v) is 14.1. The van der Waals surface area contributed by atoms with Crippen LogP contribution in [0.25, 0.3) is 0 Å². The molecule has 6 atom stereocenters. The van der Waals surface area contributed by atoms with Crippen molar-refractivity contribution in [3.05, 3.63) is 0 Å². The number of rotatable bonds is 3. The Morgan fingerprint density at radius 1 is 0.839 bits per heavy atom. The Morgan fingerprint density at radius 3 is 2.29 bits per heavy atom. The molecule has 6 fully saturated rings. The molecule has 176 valence electrons. The van der Waals surface area contributed by atoms with Crippen LogP contribution in [0.2, 0.25) is 0 Å². The van der Waals surface area contributed by atoms with E-state index in [-0.39, 0.29) is 16.6 Å². The molecule has 0 unspecified atom stereocenters. The zero-order valence-electron chi connectivity index (χ0n) is 19.3. The molecule has 4 saturated carbocycles. The van der Waals surface area contributed by atoms with Gasteiger partial charge >= 0.3 is 0 Å². The van der Waals surface area contributed by atoms with Gasteiger partial charge in [0.1, 0.15) is 0 Å². The van der Waals surface area contributed by atoms with Gasteiger partial charge in [-0.05, 0) is 74.7 Å². The maximum absolute atomic E-state index is 12.3. The highest BCUT2D eigenvalue weighted by Crippen LogP contribution is 2.72. The van der Waals surface area contributed by atoms with E-state index in [0.29, 0.717) is 37.4 Å². The lowest BCUT2D eigenvalue weighted by Crippen LogP contribution is -2.67. The summed E-state index contributed by atoms with van der Waals surface area (Å²) in [4.78, 5) is 0. The van der Waals surface area contributed by atoms with Gasteiger partial charge in [0.15, 0.2) is 11.6 Å². The van der Waals surface area contributed by atoms with Crippen molar-refractivity contribution >= 4 is 11.8 Å². The second-order valence-electron chi connectivity index (χ2n) is 11.6. The van der Waals surface area contributed by atoms with Gasteiger partial charge in [-0.2, -0.15) is 11.8 Å². The zero-order valence-corrected chi connectivity index (χ0v) is 20.1. The third kappa shape index (κ3) is 2.81. The Labute approximate surface area is 191 Å². The van der Waals surface area contributed by atoms with E-state index < -0.39 is 11.4 Å². The molecule has 5 nitrogen and oxygen atoms in total. The second kappa shape index (κ2) is 7.32. The first-order valence-electron chi connectivity index (χ1n) is 12.7. The third-order valence-corrected chi connectivity index (χ3v) is 11.5. The first kappa shape index (κ1) is 21.7. The Kier molecular flexibility index (Phi) is 5.12. The quantitative estimate of drug-likeness (QED) is 0.687. The van der Waals surface area contributed by atoms with Crippen molar-refractivity contribution in [2.24, 2.45) is 28.6 Å². The minimum Gasteiger partial charge on any atom is -0.389 e. The fourth-order valence-corrected chi connectivity index (χ4v) is 10.0. The average molecular weight is 453 g/mol. The van der Waals surface area contributed by atoms with E-state index in [9.17, 15) is 5.11 Å². The van der Waals surface area contributed by atoms with Crippen molar-refractivity contribution < 1.29 is 24.1 Å². The van der Waals surface area contributed by atoms with Gasteiger partial charge in [0.05, 0.1) is 32.0 Å². The first-order chi connectivity index (χ1) is 14.9. The van der Waals surface area contributed by atoms with Gasteiger partial charge in [0.2, 0.25) is 0 Å². The third-order valence-electron chi connectivity index (χ3n) is 10.8. The largest absolute Gasteiger partial charge is 0.389 e. The molecule has 0 aromatic carbocycles. The van der Waals surface area contributed by atoms with Crippen LogP contribution in [-0.4, -0.2) is 60.7 Å². The molecule has 0 aromatic heterocycles. The highest BCUT2D eigenvalue weighted by molar-refractivity contribution is 7.98. The summed E-state index contributed by atoms with van der Waals surface area (Å²) in [6.45, 7) is 5.29. The molecule has 2 heterocycles. The molecule has 6 heteroatoms. The minimum absolute atomic E-state index is 0.00599. The number of aliphatic hydroxyl groups is 1. The van der Waals surface area contributed by atoms with E-state index in [1.165, 1.54) is 12.8 Å². The number of fused-ring (bicyclic) bond motifs is 6. The summed E-state index contributed by atoms with van der Waals surface area (Å²) in [7, 11) is 0. The Bertz CT molecular complexity index is 704. The van der Waals surface area contributed by atoms with Crippen molar-refractivity contribution in [3.8, 4) is 0 Å². The van der Waals surface area contributed by atoms with Crippen molar-refractivity contribution in [3.63, 3.8) is 0 Å². The lowest BCUT2D eigenvalue weighted by molar-refractivity contribution is -0.299. The van der Waals surface area contributed by atoms with Gasteiger partial charge in [-0.3, -0.25) is 0 Å². The SMILES string of the molecule is CSCC[C@]12CCC3(C[C@]1(O)CC[C@@H]1[C@@H]2CC[C@@]2(C)[C@H]1CCC21OCCO1)OCCO3. The number of hydrogen-bond donors (Lipinski definition) is 1. The molecule has 2 spiro atoms. The van der Waals surface area contributed by atoms with Gasteiger partial charge in [0.25, 0.3) is 0 Å². The summed E-state index contributed by atoms with van der Waals surface area (Å²) in [5, 5.41) is 12.3. The second-order valence-corrected chi connectivity index (χ2v) is 12.6. The van der Waals surface area contributed by atoms with Gasteiger partial charge in [0, 0.05) is 30.1 Å². The van der Waals surface area contributed by atoms with E-state index >= 15 is 0 Å². The van der Waals surface area contributed by atoms with Crippen LogP contribution in [-0.2, 0) is 18.9 Å². The van der Waals surface area contributed by atoms with Crippen molar-refractivity contribution in [2.45, 2.75) is 88.3 Å². The predicted molar refractivity (Wildman–Crippen MR) is 120 cm³/mol. The molecule has 0 radical (unpaired) electrons. The van der Waals surface area contributed by atoms with Crippen LogP contribution in [0.1, 0.15) is 71.1 Å². The Hall–Kier alpha value is 0.150. The number of hydrogen-bond acceptors (Lipinski definition) is 6. The lowest BCUT2D eigenvalue weighted by Gasteiger charge is -2.66. The molecular formula is C25H40O5S. The van der Waals surface area contributed by atoms with Crippen LogP contribution in [0.3, 0.4) is 0 Å². The van der Waals surface area contributed by atoms with E-state index in [4.69, 9.17) is 18.9 Å². The highest BCUT2D eigenvalue weighted by Gasteiger charge is 2.71. The molecule has 0 bridgehead atoms. The Morgan fingerprint density at radius 2 is 1.55 bits per heavy atom. The minimum atomic E-state index is -0.670. The van der Waals surface area contributed by atoms with Gasteiger partial charge < -0.3 is 24.1 Å². The molecule has 31 heavy (non-hydrogen) atoms. The maximum atomic E-state index is 12.3. The summed E-state index contributed by atoms with van der Waals surface area (Å²) in [5.74, 6) is 2.16. The molecule has 6 aliphatic rings. The van der Waals surface area contributed by atoms with Gasteiger partial charge in [-0.1, -0.05) is 6.92 Å². The summed E-state index contributed by atoms with van der Waals surface area (Å²) >= 11 is 1.93. The Balaban J connectivity index is 1.34. The van der Waals surface area contributed by atoms with E-state index in [0.717, 1.165) is 63.9 Å². The van der Waals surface area contributed by atoms with Crippen LogP contribution >= 0.6 is 11.8 Å². The maximum Gasteiger partial charge on any atom is 0.174 e.